The van der Waals surface area contributed by atoms with Crippen LogP contribution < -0.4 is 5.73 Å². The van der Waals surface area contributed by atoms with Gasteiger partial charge in [0.25, 0.3) is 0 Å². The number of nitrogens with two attached hydrogens (primary N) is 1. The van der Waals surface area contributed by atoms with E-state index in [2.05, 4.69) is 25.6 Å². The summed E-state index contributed by atoms with van der Waals surface area (Å²) in [5.41, 5.74) is 5.88. The second kappa shape index (κ2) is 7.56. The maximum absolute atomic E-state index is 5.88. The second-order valence-corrected chi connectivity index (χ2v) is 6.22. The minimum Gasteiger partial charge on any atom is -0.330 e. The summed E-state index contributed by atoms with van der Waals surface area (Å²) in [5, 5.41) is 0. The normalized spacial score (nSPS) is 31.8. The van der Waals surface area contributed by atoms with Crippen LogP contribution in [0.25, 0.3) is 0 Å². The lowest BCUT2D eigenvalue weighted by Gasteiger charge is -2.35. The molecule has 90 valence electrons. The smallest absolute Gasteiger partial charge is 0.00462 e. The van der Waals surface area contributed by atoms with Gasteiger partial charge in [0.05, 0.1) is 0 Å². The molecule has 0 radical (unpaired) electrons. The highest BCUT2D eigenvalue weighted by Gasteiger charge is 2.28. The van der Waals surface area contributed by atoms with Gasteiger partial charge < -0.3 is 5.73 Å². The Morgan fingerprint density at radius 1 is 1.20 bits per heavy atom. The Hall–Kier alpha value is 0.310. The van der Waals surface area contributed by atoms with Crippen molar-refractivity contribution in [3.63, 3.8) is 0 Å². The van der Waals surface area contributed by atoms with Crippen LogP contribution in [0.1, 0.15) is 46.0 Å². The van der Waals surface area contributed by atoms with Crippen LogP contribution in [0, 0.1) is 17.8 Å². The number of rotatable bonds is 6. The van der Waals surface area contributed by atoms with Crippen LogP contribution in [0.3, 0.4) is 0 Å². The molecule has 0 aromatic carbocycles. The molecule has 1 aliphatic carbocycles. The van der Waals surface area contributed by atoms with E-state index in [4.69, 9.17) is 5.73 Å². The van der Waals surface area contributed by atoms with Gasteiger partial charge >= 0.3 is 0 Å². The molecule has 0 saturated heterocycles. The van der Waals surface area contributed by atoms with Crippen molar-refractivity contribution in [3.05, 3.63) is 0 Å². The van der Waals surface area contributed by atoms with Crippen molar-refractivity contribution in [2.24, 2.45) is 23.5 Å². The van der Waals surface area contributed by atoms with E-state index in [0.29, 0.717) is 0 Å². The lowest BCUT2D eigenvalue weighted by Crippen LogP contribution is -2.30. The SMILES string of the molecule is CCSCCC1CC(CC)CCC1CN. The molecule has 0 spiro atoms. The molecule has 0 aliphatic heterocycles. The molecule has 15 heavy (non-hydrogen) atoms. The van der Waals surface area contributed by atoms with E-state index < -0.39 is 0 Å². The number of hydrogen-bond acceptors (Lipinski definition) is 2. The molecule has 1 saturated carbocycles. The van der Waals surface area contributed by atoms with E-state index in [1.54, 1.807) is 0 Å². The molecule has 0 bridgehead atoms. The van der Waals surface area contributed by atoms with Crippen molar-refractivity contribution >= 4 is 11.8 Å². The van der Waals surface area contributed by atoms with Crippen molar-refractivity contribution in [2.75, 3.05) is 18.1 Å². The molecule has 2 heteroatoms. The molecule has 1 rings (SSSR count). The highest BCUT2D eigenvalue weighted by Crippen LogP contribution is 2.37. The monoisotopic (exact) mass is 229 g/mol. The van der Waals surface area contributed by atoms with Gasteiger partial charge in [0.2, 0.25) is 0 Å². The summed E-state index contributed by atoms with van der Waals surface area (Å²) in [7, 11) is 0. The first-order valence-electron chi connectivity index (χ1n) is 6.59. The average Bonchev–Trinajstić information content (AvgIpc) is 2.29. The molecule has 1 nitrogen and oxygen atoms in total. The average molecular weight is 229 g/mol. The van der Waals surface area contributed by atoms with E-state index in [9.17, 15) is 0 Å². The summed E-state index contributed by atoms with van der Waals surface area (Å²) in [6.07, 6.45) is 7.03. The standard InChI is InChI=1S/C13H27NS/c1-3-11-5-6-13(10-14)12(9-11)7-8-15-4-2/h11-13H,3-10,14H2,1-2H3. The first-order chi connectivity index (χ1) is 7.31. The van der Waals surface area contributed by atoms with Crippen LogP contribution >= 0.6 is 11.8 Å². The Balaban J connectivity index is 2.33. The van der Waals surface area contributed by atoms with Gasteiger partial charge in [-0.1, -0.05) is 26.7 Å². The lowest BCUT2D eigenvalue weighted by atomic mass is 9.72. The first-order valence-corrected chi connectivity index (χ1v) is 7.75. The van der Waals surface area contributed by atoms with E-state index in [-0.39, 0.29) is 0 Å². The minimum atomic E-state index is 0.824. The summed E-state index contributed by atoms with van der Waals surface area (Å²) in [4.78, 5) is 0. The number of thioether (sulfide) groups is 1. The minimum absolute atomic E-state index is 0.824. The Kier molecular flexibility index (Phi) is 6.74. The van der Waals surface area contributed by atoms with E-state index in [1.165, 1.54) is 43.6 Å². The lowest BCUT2D eigenvalue weighted by molar-refractivity contribution is 0.177. The predicted molar refractivity (Wildman–Crippen MR) is 71.3 cm³/mol. The van der Waals surface area contributed by atoms with Gasteiger partial charge in [-0.15, -0.1) is 0 Å². The topological polar surface area (TPSA) is 26.0 Å². The van der Waals surface area contributed by atoms with Crippen molar-refractivity contribution in [1.82, 2.24) is 0 Å². The maximum Gasteiger partial charge on any atom is -0.00462 e. The molecule has 2 N–H and O–H groups in total. The van der Waals surface area contributed by atoms with Gasteiger partial charge in [0, 0.05) is 0 Å². The van der Waals surface area contributed by atoms with E-state index >= 15 is 0 Å². The van der Waals surface area contributed by atoms with Crippen molar-refractivity contribution in [2.45, 2.75) is 46.0 Å². The highest BCUT2D eigenvalue weighted by atomic mass is 32.2. The fourth-order valence-corrected chi connectivity index (χ4v) is 3.60. The molecule has 0 aromatic rings. The Bertz CT molecular complexity index is 161. The molecule has 3 unspecified atom stereocenters. The highest BCUT2D eigenvalue weighted by molar-refractivity contribution is 7.99. The molecule has 0 aromatic heterocycles. The van der Waals surface area contributed by atoms with Crippen molar-refractivity contribution in [1.29, 1.82) is 0 Å². The zero-order valence-electron chi connectivity index (χ0n) is 10.4. The van der Waals surface area contributed by atoms with Gasteiger partial charge in [-0.2, -0.15) is 11.8 Å². The summed E-state index contributed by atoms with van der Waals surface area (Å²) in [6, 6.07) is 0. The van der Waals surface area contributed by atoms with Crippen molar-refractivity contribution < 1.29 is 0 Å². The van der Waals surface area contributed by atoms with Crippen LogP contribution in [-0.2, 0) is 0 Å². The zero-order chi connectivity index (χ0) is 11.1. The van der Waals surface area contributed by atoms with Crippen molar-refractivity contribution in [3.8, 4) is 0 Å². The van der Waals surface area contributed by atoms with Gasteiger partial charge in [-0.25, -0.2) is 0 Å². The third-order valence-electron chi connectivity index (χ3n) is 3.97. The fourth-order valence-electron chi connectivity index (χ4n) is 2.84. The van der Waals surface area contributed by atoms with Crippen LogP contribution in [-0.4, -0.2) is 18.1 Å². The molecule has 0 amide bonds. The van der Waals surface area contributed by atoms with Crippen LogP contribution in [0.5, 0.6) is 0 Å². The summed E-state index contributed by atoms with van der Waals surface area (Å²) in [6.45, 7) is 5.50. The molecular weight excluding hydrogens is 202 g/mol. The fraction of sp³-hybridized carbons (Fsp3) is 1.00. The van der Waals surface area contributed by atoms with Gasteiger partial charge in [0.1, 0.15) is 0 Å². The third kappa shape index (κ3) is 4.36. The third-order valence-corrected chi connectivity index (χ3v) is 4.90. The molecule has 3 atom stereocenters. The molecular formula is C13H27NS. The summed E-state index contributed by atoms with van der Waals surface area (Å²) >= 11 is 2.08. The van der Waals surface area contributed by atoms with Gasteiger partial charge in [-0.05, 0) is 55.1 Å². The molecule has 0 heterocycles. The van der Waals surface area contributed by atoms with E-state index in [1.807, 2.05) is 0 Å². The van der Waals surface area contributed by atoms with Crippen LogP contribution in [0.2, 0.25) is 0 Å². The Morgan fingerprint density at radius 2 is 2.00 bits per heavy atom. The Labute approximate surface area is 99.6 Å². The van der Waals surface area contributed by atoms with Gasteiger partial charge in [-0.3, -0.25) is 0 Å². The molecule has 1 fully saturated rings. The predicted octanol–water partition coefficient (Wildman–Crippen LogP) is 3.53. The quantitative estimate of drug-likeness (QED) is 0.705. The first kappa shape index (κ1) is 13.4. The largest absolute Gasteiger partial charge is 0.330 e. The van der Waals surface area contributed by atoms with E-state index in [0.717, 1.165) is 24.3 Å². The maximum atomic E-state index is 5.88. The second-order valence-electron chi connectivity index (χ2n) is 4.83. The summed E-state index contributed by atoms with van der Waals surface area (Å²) in [5.74, 6) is 5.34. The Morgan fingerprint density at radius 3 is 2.60 bits per heavy atom. The molecule has 1 aliphatic rings. The zero-order valence-corrected chi connectivity index (χ0v) is 11.2. The van der Waals surface area contributed by atoms with Crippen LogP contribution in [0.4, 0.5) is 0 Å². The van der Waals surface area contributed by atoms with Crippen LogP contribution in [0.15, 0.2) is 0 Å². The number of hydrogen-bond donors (Lipinski definition) is 1. The van der Waals surface area contributed by atoms with Gasteiger partial charge in [0.15, 0.2) is 0 Å². The summed E-state index contributed by atoms with van der Waals surface area (Å²) < 4.78 is 0.